The number of rotatable bonds is 6. The van der Waals surface area contributed by atoms with E-state index >= 15 is 0 Å². The van der Waals surface area contributed by atoms with E-state index in [4.69, 9.17) is 0 Å². The van der Waals surface area contributed by atoms with Crippen molar-refractivity contribution in [2.45, 2.75) is 19.3 Å². The lowest BCUT2D eigenvalue weighted by atomic mass is 10.1. The summed E-state index contributed by atoms with van der Waals surface area (Å²) < 4.78 is 13.5. The van der Waals surface area contributed by atoms with Gasteiger partial charge in [-0.1, -0.05) is 12.1 Å². The van der Waals surface area contributed by atoms with Gasteiger partial charge in [0.2, 0.25) is 5.91 Å². The standard InChI is InChI=1S/C21H21FN4O/c1-26(21(27)15-4-5-15)17-7-2-14(3-8-17)10-11-23-20-18-12-16(22)6-9-19(18)24-13-25-20/h2-3,6-9,12-13,15H,4-5,10-11H2,1H3,(H,23,24,25). The van der Waals surface area contributed by atoms with Gasteiger partial charge in [-0.05, 0) is 55.2 Å². The molecule has 1 heterocycles. The molecule has 4 rings (SSSR count). The number of fused-ring (bicyclic) bond motifs is 1. The molecule has 0 saturated heterocycles. The van der Waals surface area contributed by atoms with Crippen molar-refractivity contribution >= 4 is 28.3 Å². The highest BCUT2D eigenvalue weighted by molar-refractivity contribution is 5.95. The number of nitrogens with zero attached hydrogens (tertiary/aromatic N) is 3. The van der Waals surface area contributed by atoms with Crippen LogP contribution in [0.4, 0.5) is 15.9 Å². The van der Waals surface area contributed by atoms with Gasteiger partial charge in [0.25, 0.3) is 0 Å². The van der Waals surface area contributed by atoms with E-state index in [1.165, 1.54) is 18.5 Å². The van der Waals surface area contributed by atoms with Crippen molar-refractivity contribution in [1.82, 2.24) is 9.97 Å². The molecule has 1 aliphatic carbocycles. The van der Waals surface area contributed by atoms with Gasteiger partial charge in [0.1, 0.15) is 18.0 Å². The first kappa shape index (κ1) is 17.4. The van der Waals surface area contributed by atoms with E-state index in [9.17, 15) is 9.18 Å². The van der Waals surface area contributed by atoms with Gasteiger partial charge in [-0.2, -0.15) is 0 Å². The second kappa shape index (κ2) is 7.31. The topological polar surface area (TPSA) is 58.1 Å². The fraction of sp³-hybridized carbons (Fsp3) is 0.286. The van der Waals surface area contributed by atoms with Crippen molar-refractivity contribution in [3.05, 3.63) is 60.2 Å². The summed E-state index contributed by atoms with van der Waals surface area (Å²) in [7, 11) is 1.83. The summed E-state index contributed by atoms with van der Waals surface area (Å²) in [5.41, 5.74) is 2.78. The first-order valence-corrected chi connectivity index (χ1v) is 9.12. The number of anilines is 2. The van der Waals surface area contributed by atoms with E-state index in [0.29, 0.717) is 23.3 Å². The van der Waals surface area contributed by atoms with Crippen molar-refractivity contribution in [3.63, 3.8) is 0 Å². The summed E-state index contributed by atoms with van der Waals surface area (Å²) >= 11 is 0. The zero-order valence-corrected chi connectivity index (χ0v) is 15.2. The van der Waals surface area contributed by atoms with Gasteiger partial charge in [0.15, 0.2) is 0 Å². The molecular weight excluding hydrogens is 343 g/mol. The summed E-state index contributed by atoms with van der Waals surface area (Å²) in [4.78, 5) is 22.2. The molecule has 5 nitrogen and oxygen atoms in total. The molecule has 1 aromatic heterocycles. The molecule has 0 bridgehead atoms. The average Bonchev–Trinajstić information content (AvgIpc) is 3.53. The first-order chi connectivity index (χ1) is 13.1. The van der Waals surface area contributed by atoms with Crippen LogP contribution in [0.5, 0.6) is 0 Å². The minimum absolute atomic E-state index is 0.201. The van der Waals surface area contributed by atoms with Crippen molar-refractivity contribution in [2.24, 2.45) is 5.92 Å². The Labute approximate surface area is 157 Å². The third kappa shape index (κ3) is 3.89. The lowest BCUT2D eigenvalue weighted by Gasteiger charge is -2.17. The molecule has 6 heteroatoms. The van der Waals surface area contributed by atoms with Gasteiger partial charge in [-0.15, -0.1) is 0 Å². The van der Waals surface area contributed by atoms with Crippen LogP contribution in [0.25, 0.3) is 10.9 Å². The van der Waals surface area contributed by atoms with E-state index in [1.807, 2.05) is 31.3 Å². The Hall–Kier alpha value is -3.02. The summed E-state index contributed by atoms with van der Waals surface area (Å²) in [5, 5.41) is 3.93. The Kier molecular flexibility index (Phi) is 4.71. The number of nitrogens with one attached hydrogen (secondary N) is 1. The lowest BCUT2D eigenvalue weighted by molar-refractivity contribution is -0.119. The van der Waals surface area contributed by atoms with Crippen LogP contribution in [-0.4, -0.2) is 29.5 Å². The number of amides is 1. The second-order valence-electron chi connectivity index (χ2n) is 6.90. The Balaban J connectivity index is 1.38. The molecule has 0 radical (unpaired) electrons. The molecule has 138 valence electrons. The Morgan fingerprint density at radius 3 is 2.70 bits per heavy atom. The predicted octanol–water partition coefficient (Wildman–Crippen LogP) is 3.80. The van der Waals surface area contributed by atoms with Crippen LogP contribution in [-0.2, 0) is 11.2 Å². The smallest absolute Gasteiger partial charge is 0.229 e. The quantitative estimate of drug-likeness (QED) is 0.723. The van der Waals surface area contributed by atoms with Crippen LogP contribution < -0.4 is 10.2 Å². The fourth-order valence-corrected chi connectivity index (χ4v) is 3.11. The summed E-state index contributed by atoms with van der Waals surface area (Å²) in [6.45, 7) is 0.665. The lowest BCUT2D eigenvalue weighted by Crippen LogP contribution is -2.27. The summed E-state index contributed by atoms with van der Waals surface area (Å²) in [6.07, 6.45) is 4.29. The SMILES string of the molecule is CN(C(=O)C1CC1)c1ccc(CCNc2ncnc3ccc(F)cc23)cc1. The second-order valence-corrected chi connectivity index (χ2v) is 6.90. The van der Waals surface area contributed by atoms with Crippen LogP contribution in [0.3, 0.4) is 0 Å². The van der Waals surface area contributed by atoms with Crippen molar-refractivity contribution in [3.8, 4) is 0 Å². The van der Waals surface area contributed by atoms with Crippen LogP contribution in [0.1, 0.15) is 18.4 Å². The molecule has 2 aromatic carbocycles. The fourth-order valence-electron chi connectivity index (χ4n) is 3.11. The maximum Gasteiger partial charge on any atom is 0.229 e. The van der Waals surface area contributed by atoms with Gasteiger partial charge in [-0.25, -0.2) is 14.4 Å². The van der Waals surface area contributed by atoms with E-state index in [-0.39, 0.29) is 17.6 Å². The normalized spacial score (nSPS) is 13.6. The molecule has 0 atom stereocenters. The Morgan fingerprint density at radius 1 is 1.19 bits per heavy atom. The summed E-state index contributed by atoms with van der Waals surface area (Å²) in [6, 6.07) is 12.5. The van der Waals surface area contributed by atoms with Crippen molar-refractivity contribution < 1.29 is 9.18 Å². The number of benzene rings is 2. The number of aromatic nitrogens is 2. The Bertz CT molecular complexity index is 970. The maximum absolute atomic E-state index is 13.5. The zero-order valence-electron chi connectivity index (χ0n) is 15.2. The highest BCUT2D eigenvalue weighted by Gasteiger charge is 2.32. The number of carbonyl (C=O) groups is 1. The third-order valence-corrected chi connectivity index (χ3v) is 4.88. The molecular formula is C21H21FN4O. The average molecular weight is 364 g/mol. The molecule has 1 fully saturated rings. The molecule has 1 N–H and O–H groups in total. The van der Waals surface area contributed by atoms with Crippen LogP contribution in [0.2, 0.25) is 0 Å². The van der Waals surface area contributed by atoms with Crippen LogP contribution in [0.15, 0.2) is 48.8 Å². The minimum Gasteiger partial charge on any atom is -0.369 e. The Morgan fingerprint density at radius 2 is 1.96 bits per heavy atom. The monoisotopic (exact) mass is 364 g/mol. The molecule has 1 amide bonds. The molecule has 1 saturated carbocycles. The third-order valence-electron chi connectivity index (χ3n) is 4.88. The van der Waals surface area contributed by atoms with Crippen molar-refractivity contribution in [2.75, 3.05) is 23.8 Å². The van der Waals surface area contributed by atoms with Crippen LogP contribution >= 0.6 is 0 Å². The van der Waals surface area contributed by atoms with Gasteiger partial charge in [-0.3, -0.25) is 4.79 Å². The number of halogens is 1. The predicted molar refractivity (Wildman–Crippen MR) is 104 cm³/mol. The molecule has 3 aromatic rings. The molecule has 1 aliphatic rings. The zero-order chi connectivity index (χ0) is 18.8. The largest absolute Gasteiger partial charge is 0.369 e. The van der Waals surface area contributed by atoms with E-state index < -0.39 is 0 Å². The van der Waals surface area contributed by atoms with Gasteiger partial charge >= 0.3 is 0 Å². The summed E-state index contributed by atoms with van der Waals surface area (Å²) in [5.74, 6) is 0.741. The van der Waals surface area contributed by atoms with Crippen molar-refractivity contribution in [1.29, 1.82) is 0 Å². The van der Waals surface area contributed by atoms with Gasteiger partial charge in [0, 0.05) is 30.6 Å². The van der Waals surface area contributed by atoms with Crippen LogP contribution in [0, 0.1) is 11.7 Å². The van der Waals surface area contributed by atoms with Gasteiger partial charge in [0.05, 0.1) is 5.52 Å². The number of hydrogen-bond acceptors (Lipinski definition) is 4. The molecule has 27 heavy (non-hydrogen) atoms. The number of hydrogen-bond donors (Lipinski definition) is 1. The van der Waals surface area contributed by atoms with E-state index in [1.54, 1.807) is 11.0 Å². The minimum atomic E-state index is -0.305. The van der Waals surface area contributed by atoms with E-state index in [2.05, 4.69) is 15.3 Å². The maximum atomic E-state index is 13.5. The number of carbonyl (C=O) groups excluding carboxylic acids is 1. The highest BCUT2D eigenvalue weighted by Crippen LogP contribution is 2.32. The molecule has 0 spiro atoms. The molecule has 0 unspecified atom stereocenters. The highest BCUT2D eigenvalue weighted by atomic mass is 19.1. The molecule has 0 aliphatic heterocycles. The first-order valence-electron chi connectivity index (χ1n) is 9.12. The van der Waals surface area contributed by atoms with Gasteiger partial charge < -0.3 is 10.2 Å². The van der Waals surface area contributed by atoms with E-state index in [0.717, 1.165) is 30.5 Å².